The molecule has 4 heteroatoms. The number of allylic oxidation sites excluding steroid dienone is 2. The van der Waals surface area contributed by atoms with Crippen LogP contribution in [0.5, 0.6) is 0 Å². The number of aliphatic hydroxyl groups excluding tert-OH is 1. The van der Waals surface area contributed by atoms with E-state index in [4.69, 9.17) is 4.74 Å². The van der Waals surface area contributed by atoms with Crippen molar-refractivity contribution in [2.24, 2.45) is 11.3 Å². The molecule has 1 N–H and O–H groups in total. The van der Waals surface area contributed by atoms with E-state index in [1.165, 1.54) is 6.92 Å². The van der Waals surface area contributed by atoms with Crippen LogP contribution in [0.4, 0.5) is 0 Å². The Kier molecular flexibility index (Phi) is 4.38. The minimum Gasteiger partial charge on any atom is -0.450 e. The molecule has 0 aromatic heterocycles. The largest absolute Gasteiger partial charge is 0.450 e. The monoisotopic (exact) mass is 292 g/mol. The van der Waals surface area contributed by atoms with Crippen molar-refractivity contribution in [3.05, 3.63) is 23.3 Å². The lowest BCUT2D eigenvalue weighted by atomic mass is 9.63. The van der Waals surface area contributed by atoms with Crippen LogP contribution in [0.25, 0.3) is 0 Å². The summed E-state index contributed by atoms with van der Waals surface area (Å²) in [5, 5.41) is 9.95. The molecule has 0 radical (unpaired) electrons. The third kappa shape index (κ3) is 3.10. The third-order valence-corrected chi connectivity index (χ3v) is 4.86. The minimum absolute atomic E-state index is 0.0744. The van der Waals surface area contributed by atoms with Crippen molar-refractivity contribution >= 4 is 11.8 Å². The summed E-state index contributed by atoms with van der Waals surface area (Å²) in [6.45, 7) is 7.42. The van der Waals surface area contributed by atoms with Crippen LogP contribution < -0.4 is 0 Å². The van der Waals surface area contributed by atoms with Crippen molar-refractivity contribution in [1.29, 1.82) is 0 Å². The van der Waals surface area contributed by atoms with Crippen LogP contribution >= 0.6 is 0 Å². The highest BCUT2D eigenvalue weighted by molar-refractivity contribution is 5.88. The van der Waals surface area contributed by atoms with Gasteiger partial charge in [-0.2, -0.15) is 0 Å². The average molecular weight is 292 g/mol. The van der Waals surface area contributed by atoms with E-state index in [0.29, 0.717) is 19.3 Å². The molecule has 116 valence electrons. The van der Waals surface area contributed by atoms with Crippen LogP contribution in [0.15, 0.2) is 23.3 Å². The number of carbonyl (C=O) groups excluding carboxylic acids is 2. The molecule has 4 nitrogen and oxygen atoms in total. The molecule has 0 aromatic carbocycles. The first-order valence-corrected chi connectivity index (χ1v) is 7.52. The summed E-state index contributed by atoms with van der Waals surface area (Å²) in [6, 6.07) is 0. The quantitative estimate of drug-likeness (QED) is 0.596. The Bertz CT molecular complexity index is 517. The zero-order valence-electron chi connectivity index (χ0n) is 13.2. The molecule has 0 unspecified atom stereocenters. The number of ether oxygens (including phenoxy) is 1. The minimum atomic E-state index is -0.764. The molecule has 0 aliphatic heterocycles. The Morgan fingerprint density at radius 2 is 2.10 bits per heavy atom. The fourth-order valence-electron chi connectivity index (χ4n) is 3.51. The topological polar surface area (TPSA) is 63.6 Å². The molecule has 2 aliphatic carbocycles. The molecular formula is C17H24O4. The van der Waals surface area contributed by atoms with Crippen molar-refractivity contribution in [2.45, 2.75) is 59.2 Å². The maximum absolute atomic E-state index is 12.2. The number of ketones is 1. The molecule has 4 atom stereocenters. The van der Waals surface area contributed by atoms with Gasteiger partial charge in [0.2, 0.25) is 0 Å². The molecule has 21 heavy (non-hydrogen) atoms. The van der Waals surface area contributed by atoms with Crippen LogP contribution in [0, 0.1) is 11.3 Å². The maximum Gasteiger partial charge on any atom is 0.303 e. The summed E-state index contributed by atoms with van der Waals surface area (Å²) in [5.74, 6) is -0.238. The summed E-state index contributed by atoms with van der Waals surface area (Å²) in [7, 11) is 0. The molecule has 0 heterocycles. The van der Waals surface area contributed by atoms with Crippen LogP contribution in [0.3, 0.4) is 0 Å². The lowest BCUT2D eigenvalue weighted by Crippen LogP contribution is -2.38. The zero-order chi connectivity index (χ0) is 15.8. The van der Waals surface area contributed by atoms with Crippen molar-refractivity contribution in [3.63, 3.8) is 0 Å². The first-order valence-electron chi connectivity index (χ1n) is 7.52. The first-order chi connectivity index (χ1) is 9.74. The highest BCUT2D eigenvalue weighted by Gasteiger charge is 2.40. The van der Waals surface area contributed by atoms with Crippen molar-refractivity contribution in [1.82, 2.24) is 0 Å². The second kappa shape index (κ2) is 5.76. The Balaban J connectivity index is 2.45. The highest BCUT2D eigenvalue weighted by Crippen LogP contribution is 2.47. The summed E-state index contributed by atoms with van der Waals surface area (Å²) < 4.78 is 5.21. The number of rotatable bonds is 1. The maximum atomic E-state index is 12.2. The molecule has 0 saturated heterocycles. The number of hydrogen-bond donors (Lipinski definition) is 1. The lowest BCUT2D eigenvalue weighted by Gasteiger charge is -2.42. The number of esters is 1. The summed E-state index contributed by atoms with van der Waals surface area (Å²) in [4.78, 5) is 23.5. The Labute approximate surface area is 125 Å². The molecule has 0 bridgehead atoms. The fraction of sp³-hybridized carbons (Fsp3) is 0.647. The number of hydrogen-bond acceptors (Lipinski definition) is 4. The van der Waals surface area contributed by atoms with Gasteiger partial charge in [-0.3, -0.25) is 9.59 Å². The van der Waals surface area contributed by atoms with Gasteiger partial charge in [-0.1, -0.05) is 31.6 Å². The number of fused-ring (bicyclic) bond motifs is 1. The molecular weight excluding hydrogens is 268 g/mol. The second-order valence-electron chi connectivity index (χ2n) is 6.52. The van der Waals surface area contributed by atoms with E-state index in [0.717, 1.165) is 11.1 Å². The molecule has 0 aromatic rings. The predicted molar refractivity (Wildman–Crippen MR) is 79.5 cm³/mol. The van der Waals surface area contributed by atoms with Crippen LogP contribution in [-0.4, -0.2) is 29.1 Å². The standard InChI is InChI=1S/C17H24O4/c1-10-9-17(4)11(2)7-14(19)8-13(17)5-6-15(20)16(10)21-12(3)18/h8-9,11,14,16,19H,5-7H2,1-4H3/b10-9-/t11-,14-,16-,17+/m1/s1. The predicted octanol–water partition coefficient (Wildman–Crippen LogP) is 2.56. The van der Waals surface area contributed by atoms with Gasteiger partial charge in [-0.15, -0.1) is 0 Å². The number of aliphatic hydroxyl groups is 1. The van der Waals surface area contributed by atoms with Crippen LogP contribution in [0.2, 0.25) is 0 Å². The number of Topliss-reactive ketones (excluding diaryl/α,β-unsaturated/α-hetero) is 1. The Morgan fingerprint density at radius 1 is 1.43 bits per heavy atom. The molecule has 2 rings (SSSR count). The van der Waals surface area contributed by atoms with E-state index in [-0.39, 0.29) is 17.1 Å². The van der Waals surface area contributed by atoms with Gasteiger partial charge in [0.25, 0.3) is 0 Å². The molecule has 0 spiro atoms. The van der Waals surface area contributed by atoms with Crippen molar-refractivity contribution < 1.29 is 19.4 Å². The van der Waals surface area contributed by atoms with Gasteiger partial charge in [-0.25, -0.2) is 0 Å². The van der Waals surface area contributed by atoms with E-state index < -0.39 is 18.2 Å². The summed E-state index contributed by atoms with van der Waals surface area (Å²) in [6.07, 6.45) is 4.40. The molecule has 0 fully saturated rings. The van der Waals surface area contributed by atoms with Gasteiger partial charge in [0.15, 0.2) is 11.9 Å². The van der Waals surface area contributed by atoms with Gasteiger partial charge in [-0.05, 0) is 31.3 Å². The second-order valence-corrected chi connectivity index (χ2v) is 6.52. The fourth-order valence-corrected chi connectivity index (χ4v) is 3.51. The molecule has 0 amide bonds. The Hall–Kier alpha value is -1.42. The number of carbonyl (C=O) groups is 2. The van der Waals surface area contributed by atoms with E-state index in [1.807, 2.05) is 13.0 Å². The summed E-state index contributed by atoms with van der Waals surface area (Å²) >= 11 is 0. The van der Waals surface area contributed by atoms with Crippen LogP contribution in [0.1, 0.15) is 47.0 Å². The average Bonchev–Trinajstić information content (AvgIpc) is 2.37. The van der Waals surface area contributed by atoms with Gasteiger partial charge in [0.05, 0.1) is 6.10 Å². The van der Waals surface area contributed by atoms with E-state index in [1.54, 1.807) is 0 Å². The van der Waals surface area contributed by atoms with E-state index >= 15 is 0 Å². The van der Waals surface area contributed by atoms with E-state index in [2.05, 4.69) is 19.9 Å². The molecule has 0 saturated carbocycles. The highest BCUT2D eigenvalue weighted by atomic mass is 16.5. The summed E-state index contributed by atoms with van der Waals surface area (Å²) in [5.41, 5.74) is 1.71. The zero-order valence-corrected chi connectivity index (χ0v) is 13.2. The molecule has 2 aliphatic rings. The first kappa shape index (κ1) is 16.0. The van der Waals surface area contributed by atoms with Crippen molar-refractivity contribution in [3.8, 4) is 0 Å². The third-order valence-electron chi connectivity index (χ3n) is 4.86. The smallest absolute Gasteiger partial charge is 0.303 e. The van der Waals surface area contributed by atoms with Crippen LogP contribution in [-0.2, 0) is 14.3 Å². The SMILES string of the molecule is CC(=O)O[C@H]1C(=O)CCC2=C[C@H](O)C[C@@H](C)[C@]2(C)/C=C\1C. The van der Waals surface area contributed by atoms with Gasteiger partial charge < -0.3 is 9.84 Å². The van der Waals surface area contributed by atoms with Gasteiger partial charge in [0, 0.05) is 18.8 Å². The van der Waals surface area contributed by atoms with Crippen molar-refractivity contribution in [2.75, 3.05) is 0 Å². The normalized spacial score (nSPS) is 39.3. The van der Waals surface area contributed by atoms with Gasteiger partial charge in [0.1, 0.15) is 0 Å². The van der Waals surface area contributed by atoms with Gasteiger partial charge >= 0.3 is 5.97 Å². The Morgan fingerprint density at radius 3 is 2.71 bits per heavy atom. The van der Waals surface area contributed by atoms with E-state index in [9.17, 15) is 14.7 Å². The lowest BCUT2D eigenvalue weighted by molar-refractivity contribution is -0.150.